The van der Waals surface area contributed by atoms with E-state index in [0.717, 1.165) is 4.31 Å². The van der Waals surface area contributed by atoms with E-state index in [4.69, 9.17) is 10.9 Å². The molecule has 120 valence electrons. The number of rotatable bonds is 4. The predicted molar refractivity (Wildman–Crippen MR) is 75.8 cm³/mol. The largest absolute Gasteiger partial charge is 0.381 e. The second kappa shape index (κ2) is 5.53. The summed E-state index contributed by atoms with van der Waals surface area (Å²) in [4.78, 5) is -0.0617. The summed E-state index contributed by atoms with van der Waals surface area (Å²) in [6.45, 7) is 2.39. The van der Waals surface area contributed by atoms with Crippen LogP contribution in [-0.2, 0) is 26.8 Å². The first-order valence-corrected chi connectivity index (χ1v) is 9.21. The minimum atomic E-state index is -3.80. The highest BCUT2D eigenvalue weighted by atomic mass is 32.2. The minimum Gasteiger partial charge on any atom is -0.381 e. The Morgan fingerprint density at radius 2 is 1.67 bits per heavy atom. The fourth-order valence-corrected chi connectivity index (χ4v) is 4.24. The average Bonchev–Trinajstić information content (AvgIpc) is 2.80. The standard InChI is InChI=1S/C9H18N6O4S2/c1-2-13-7-8(9(10)12-13)20(16,17)14-3-5-15(6-4-14)21(11,18)19/h7H,2-6H2,1H3,(H2,10,12)(H2,11,18,19). The molecule has 1 aromatic heterocycles. The van der Waals surface area contributed by atoms with Gasteiger partial charge in [0.1, 0.15) is 4.90 Å². The molecule has 4 N–H and O–H groups in total. The maximum atomic E-state index is 12.5. The van der Waals surface area contributed by atoms with Crippen LogP contribution in [-0.4, -0.2) is 61.4 Å². The van der Waals surface area contributed by atoms with Crippen molar-refractivity contribution in [2.75, 3.05) is 31.9 Å². The summed E-state index contributed by atoms with van der Waals surface area (Å²) < 4.78 is 51.1. The second-order valence-corrected chi connectivity index (χ2v) is 8.04. The summed E-state index contributed by atoms with van der Waals surface area (Å²) in [7, 11) is -7.58. The molecule has 0 saturated carbocycles. The number of nitrogen functional groups attached to an aromatic ring is 1. The first-order chi connectivity index (χ1) is 9.66. The van der Waals surface area contributed by atoms with Gasteiger partial charge in [0, 0.05) is 38.9 Å². The second-order valence-electron chi connectivity index (χ2n) is 4.58. The zero-order valence-electron chi connectivity index (χ0n) is 11.5. The van der Waals surface area contributed by atoms with Gasteiger partial charge in [0.2, 0.25) is 10.0 Å². The molecule has 1 aliphatic heterocycles. The molecule has 0 spiro atoms. The number of sulfonamides is 1. The van der Waals surface area contributed by atoms with E-state index < -0.39 is 20.2 Å². The lowest BCUT2D eigenvalue weighted by molar-refractivity contribution is 0.273. The number of aryl methyl sites for hydroxylation is 1. The lowest BCUT2D eigenvalue weighted by Crippen LogP contribution is -2.52. The van der Waals surface area contributed by atoms with Gasteiger partial charge in [-0.05, 0) is 6.92 Å². The average molecular weight is 338 g/mol. The summed E-state index contributed by atoms with van der Waals surface area (Å²) >= 11 is 0. The quantitative estimate of drug-likeness (QED) is 0.649. The Balaban J connectivity index is 2.20. The SMILES string of the molecule is CCn1cc(S(=O)(=O)N2CCN(S(N)(=O)=O)CC2)c(N)n1. The zero-order chi connectivity index (χ0) is 15.8. The molecule has 1 aromatic rings. The molecule has 1 aliphatic rings. The van der Waals surface area contributed by atoms with E-state index in [-0.39, 0.29) is 36.9 Å². The van der Waals surface area contributed by atoms with Crippen molar-refractivity contribution in [2.45, 2.75) is 18.4 Å². The van der Waals surface area contributed by atoms with Crippen LogP contribution in [0.25, 0.3) is 0 Å². The molecule has 2 rings (SSSR count). The van der Waals surface area contributed by atoms with Crippen LogP contribution < -0.4 is 10.9 Å². The number of piperazine rings is 1. The molecule has 1 saturated heterocycles. The Bertz CT molecular complexity index is 717. The van der Waals surface area contributed by atoms with Crippen LogP contribution in [0.5, 0.6) is 0 Å². The molecule has 2 heterocycles. The van der Waals surface area contributed by atoms with Gasteiger partial charge in [0.15, 0.2) is 5.82 Å². The molecule has 12 heteroatoms. The van der Waals surface area contributed by atoms with E-state index in [0.29, 0.717) is 6.54 Å². The van der Waals surface area contributed by atoms with E-state index in [9.17, 15) is 16.8 Å². The first kappa shape index (κ1) is 16.2. The van der Waals surface area contributed by atoms with Gasteiger partial charge in [-0.15, -0.1) is 0 Å². The van der Waals surface area contributed by atoms with Crippen LogP contribution in [0.1, 0.15) is 6.92 Å². The highest BCUT2D eigenvalue weighted by Crippen LogP contribution is 2.22. The third-order valence-electron chi connectivity index (χ3n) is 3.25. The zero-order valence-corrected chi connectivity index (χ0v) is 13.1. The van der Waals surface area contributed by atoms with Crippen LogP contribution in [0.4, 0.5) is 5.82 Å². The Morgan fingerprint density at radius 3 is 2.10 bits per heavy atom. The van der Waals surface area contributed by atoms with Gasteiger partial charge >= 0.3 is 0 Å². The topological polar surface area (TPSA) is 145 Å². The normalized spacial score (nSPS) is 19.0. The van der Waals surface area contributed by atoms with Crippen LogP contribution in [0.15, 0.2) is 11.1 Å². The Hall–Kier alpha value is -1.21. The van der Waals surface area contributed by atoms with Crippen LogP contribution in [0.2, 0.25) is 0 Å². The van der Waals surface area contributed by atoms with Gasteiger partial charge in [-0.25, -0.2) is 13.6 Å². The van der Waals surface area contributed by atoms with E-state index >= 15 is 0 Å². The summed E-state index contributed by atoms with van der Waals surface area (Å²) in [6, 6.07) is 0. The van der Waals surface area contributed by atoms with Crippen molar-refractivity contribution in [3.63, 3.8) is 0 Å². The molecule has 10 nitrogen and oxygen atoms in total. The van der Waals surface area contributed by atoms with Crippen molar-refractivity contribution < 1.29 is 16.8 Å². The van der Waals surface area contributed by atoms with Crippen LogP contribution in [0, 0.1) is 0 Å². The van der Waals surface area contributed by atoms with Crippen molar-refractivity contribution in [1.29, 1.82) is 0 Å². The molecule has 21 heavy (non-hydrogen) atoms. The van der Waals surface area contributed by atoms with E-state index in [1.54, 1.807) is 0 Å². The first-order valence-electron chi connectivity index (χ1n) is 6.27. The predicted octanol–water partition coefficient (Wildman–Crippen LogP) is -2.00. The summed E-state index contributed by atoms with van der Waals surface area (Å²) in [5.41, 5.74) is 5.64. The Morgan fingerprint density at radius 1 is 1.14 bits per heavy atom. The molecule has 0 aliphatic carbocycles. The number of aromatic nitrogens is 2. The fourth-order valence-electron chi connectivity index (χ4n) is 2.08. The van der Waals surface area contributed by atoms with Gasteiger partial charge < -0.3 is 5.73 Å². The van der Waals surface area contributed by atoms with E-state index in [2.05, 4.69) is 5.10 Å². The number of nitrogens with two attached hydrogens (primary N) is 2. The van der Waals surface area contributed by atoms with Crippen molar-refractivity contribution in [1.82, 2.24) is 18.4 Å². The lowest BCUT2D eigenvalue weighted by Gasteiger charge is -2.31. The summed E-state index contributed by atoms with van der Waals surface area (Å²) in [5.74, 6) is -0.0641. The number of hydrogen-bond acceptors (Lipinski definition) is 6. The maximum absolute atomic E-state index is 12.5. The lowest BCUT2D eigenvalue weighted by atomic mass is 10.4. The molecule has 1 fully saturated rings. The van der Waals surface area contributed by atoms with Gasteiger partial charge in [-0.1, -0.05) is 0 Å². The van der Waals surface area contributed by atoms with Crippen LogP contribution in [0.3, 0.4) is 0 Å². The molecule has 0 amide bonds. The molecule has 0 bridgehead atoms. The number of hydrogen-bond donors (Lipinski definition) is 2. The Kier molecular flexibility index (Phi) is 4.26. The molecule has 0 aromatic carbocycles. The third-order valence-corrected chi connectivity index (χ3v) is 6.25. The highest BCUT2D eigenvalue weighted by molar-refractivity contribution is 7.89. The van der Waals surface area contributed by atoms with Gasteiger partial charge in [-0.3, -0.25) is 4.68 Å². The van der Waals surface area contributed by atoms with Crippen molar-refractivity contribution in [3.8, 4) is 0 Å². The maximum Gasteiger partial charge on any atom is 0.276 e. The van der Waals surface area contributed by atoms with E-state index in [1.165, 1.54) is 15.2 Å². The van der Waals surface area contributed by atoms with Crippen LogP contribution >= 0.6 is 0 Å². The van der Waals surface area contributed by atoms with Crippen molar-refractivity contribution in [2.24, 2.45) is 5.14 Å². The van der Waals surface area contributed by atoms with Crippen molar-refractivity contribution in [3.05, 3.63) is 6.20 Å². The third kappa shape index (κ3) is 3.18. The van der Waals surface area contributed by atoms with Gasteiger partial charge in [0.25, 0.3) is 10.2 Å². The van der Waals surface area contributed by atoms with Gasteiger partial charge in [-0.2, -0.15) is 22.1 Å². The number of nitrogens with zero attached hydrogens (tertiary/aromatic N) is 4. The monoisotopic (exact) mass is 338 g/mol. The Labute approximate surface area is 123 Å². The molecule has 0 unspecified atom stereocenters. The molecular formula is C9H18N6O4S2. The fraction of sp³-hybridized carbons (Fsp3) is 0.667. The molecule has 0 atom stereocenters. The summed E-state index contributed by atoms with van der Waals surface area (Å²) in [5, 5.41) is 8.92. The van der Waals surface area contributed by atoms with Crippen molar-refractivity contribution >= 4 is 26.1 Å². The molecular weight excluding hydrogens is 320 g/mol. The number of anilines is 1. The smallest absolute Gasteiger partial charge is 0.276 e. The summed E-state index contributed by atoms with van der Waals surface area (Å²) in [6.07, 6.45) is 1.37. The molecule has 0 radical (unpaired) electrons. The minimum absolute atomic E-state index is 0.0138. The highest BCUT2D eigenvalue weighted by Gasteiger charge is 2.33. The van der Waals surface area contributed by atoms with Gasteiger partial charge in [0.05, 0.1) is 0 Å². The van der Waals surface area contributed by atoms with E-state index in [1.807, 2.05) is 6.92 Å².